The average Bonchev–Trinajstić information content (AvgIpc) is 2.22. The largest absolute Gasteiger partial charge is 0.380 e. The van der Waals surface area contributed by atoms with Gasteiger partial charge in [-0.05, 0) is 32.4 Å². The van der Waals surface area contributed by atoms with Crippen molar-refractivity contribution in [1.29, 1.82) is 0 Å². The SMILES string of the molecule is CCN(CC)c1ccc(C)c(OS(N)(=O)=O)c1. The monoisotopic (exact) mass is 258 g/mol. The number of benzene rings is 1. The number of hydrogen-bond acceptors (Lipinski definition) is 4. The van der Waals surface area contributed by atoms with Crippen molar-refractivity contribution in [2.75, 3.05) is 18.0 Å². The van der Waals surface area contributed by atoms with E-state index in [1.807, 2.05) is 26.0 Å². The zero-order valence-electron chi connectivity index (χ0n) is 10.3. The highest BCUT2D eigenvalue weighted by Gasteiger charge is 2.10. The fraction of sp³-hybridized carbons (Fsp3) is 0.455. The van der Waals surface area contributed by atoms with E-state index in [1.165, 1.54) is 0 Å². The van der Waals surface area contributed by atoms with Crippen LogP contribution in [0.2, 0.25) is 0 Å². The molecule has 2 N–H and O–H groups in total. The second kappa shape index (κ2) is 5.37. The van der Waals surface area contributed by atoms with E-state index in [0.29, 0.717) is 0 Å². The molecule has 0 aromatic heterocycles. The van der Waals surface area contributed by atoms with Crippen LogP contribution < -0.4 is 14.2 Å². The molecule has 0 aliphatic rings. The van der Waals surface area contributed by atoms with Crippen LogP contribution in [0, 0.1) is 6.92 Å². The fourth-order valence-electron chi connectivity index (χ4n) is 1.59. The Hall–Kier alpha value is -1.27. The number of rotatable bonds is 5. The highest BCUT2D eigenvalue weighted by atomic mass is 32.2. The van der Waals surface area contributed by atoms with Gasteiger partial charge in [0.2, 0.25) is 0 Å². The van der Waals surface area contributed by atoms with Crippen molar-refractivity contribution in [2.45, 2.75) is 20.8 Å². The molecule has 1 aromatic carbocycles. The average molecular weight is 258 g/mol. The van der Waals surface area contributed by atoms with Crippen molar-refractivity contribution >= 4 is 16.0 Å². The molecule has 5 nitrogen and oxygen atoms in total. The minimum atomic E-state index is -3.97. The lowest BCUT2D eigenvalue weighted by atomic mass is 10.2. The number of nitrogens with two attached hydrogens (primary N) is 1. The molecule has 0 radical (unpaired) electrons. The molecule has 0 saturated heterocycles. The van der Waals surface area contributed by atoms with Crippen molar-refractivity contribution in [2.24, 2.45) is 5.14 Å². The lowest BCUT2D eigenvalue weighted by Crippen LogP contribution is -2.23. The van der Waals surface area contributed by atoms with Crippen LogP contribution in [0.1, 0.15) is 19.4 Å². The summed E-state index contributed by atoms with van der Waals surface area (Å²) in [4.78, 5) is 2.09. The van der Waals surface area contributed by atoms with Gasteiger partial charge in [0.05, 0.1) is 0 Å². The Labute approximate surface area is 102 Å². The third-order valence-electron chi connectivity index (χ3n) is 2.51. The topological polar surface area (TPSA) is 72.6 Å². The number of nitrogens with zero attached hydrogens (tertiary/aromatic N) is 1. The molecule has 1 aromatic rings. The van der Waals surface area contributed by atoms with E-state index in [-0.39, 0.29) is 5.75 Å². The Morgan fingerprint density at radius 2 is 1.88 bits per heavy atom. The minimum absolute atomic E-state index is 0.275. The maximum atomic E-state index is 10.9. The summed E-state index contributed by atoms with van der Waals surface area (Å²) in [7, 11) is -3.97. The van der Waals surface area contributed by atoms with Crippen LogP contribution in [0.5, 0.6) is 5.75 Å². The second-order valence-electron chi connectivity index (χ2n) is 3.70. The normalized spacial score (nSPS) is 11.3. The first kappa shape index (κ1) is 13.8. The van der Waals surface area contributed by atoms with Crippen molar-refractivity contribution in [3.05, 3.63) is 23.8 Å². The maximum Gasteiger partial charge on any atom is 0.380 e. The summed E-state index contributed by atoms with van der Waals surface area (Å²) in [6.07, 6.45) is 0. The van der Waals surface area contributed by atoms with Gasteiger partial charge in [-0.1, -0.05) is 6.07 Å². The van der Waals surface area contributed by atoms with Gasteiger partial charge in [-0.3, -0.25) is 0 Å². The molecule has 0 heterocycles. The molecule has 1 rings (SSSR count). The predicted molar refractivity (Wildman–Crippen MR) is 68.5 cm³/mol. The van der Waals surface area contributed by atoms with Gasteiger partial charge in [0.15, 0.2) is 0 Å². The molecule has 0 saturated carbocycles. The fourth-order valence-corrected chi connectivity index (χ4v) is 2.02. The van der Waals surface area contributed by atoms with E-state index >= 15 is 0 Å². The Balaban J connectivity index is 3.10. The van der Waals surface area contributed by atoms with Gasteiger partial charge in [-0.15, -0.1) is 0 Å². The van der Waals surface area contributed by atoms with Crippen LogP contribution >= 0.6 is 0 Å². The molecule has 17 heavy (non-hydrogen) atoms. The first-order valence-corrected chi connectivity index (χ1v) is 6.92. The molecule has 0 spiro atoms. The van der Waals surface area contributed by atoms with E-state index in [2.05, 4.69) is 4.90 Å². The zero-order valence-corrected chi connectivity index (χ0v) is 11.1. The van der Waals surface area contributed by atoms with Crippen LogP contribution in [-0.4, -0.2) is 21.5 Å². The highest BCUT2D eigenvalue weighted by Crippen LogP contribution is 2.25. The van der Waals surface area contributed by atoms with Gasteiger partial charge < -0.3 is 9.08 Å². The maximum absolute atomic E-state index is 10.9. The smallest absolute Gasteiger partial charge is 0.372 e. The van der Waals surface area contributed by atoms with Gasteiger partial charge in [-0.25, -0.2) is 0 Å². The number of hydrogen-bond donors (Lipinski definition) is 1. The molecule has 0 unspecified atom stereocenters. The third kappa shape index (κ3) is 3.90. The molecule has 0 bridgehead atoms. The van der Waals surface area contributed by atoms with Crippen molar-refractivity contribution in [1.82, 2.24) is 0 Å². The zero-order chi connectivity index (χ0) is 13.1. The third-order valence-corrected chi connectivity index (χ3v) is 2.92. The van der Waals surface area contributed by atoms with E-state index in [9.17, 15) is 8.42 Å². The predicted octanol–water partition coefficient (Wildman–Crippen LogP) is 1.42. The molecule has 0 amide bonds. The Kier molecular flexibility index (Phi) is 4.36. The van der Waals surface area contributed by atoms with Gasteiger partial charge in [0.1, 0.15) is 5.75 Å². The van der Waals surface area contributed by atoms with Crippen LogP contribution in [0.3, 0.4) is 0 Å². The summed E-state index contributed by atoms with van der Waals surface area (Å²) in [5.41, 5.74) is 1.65. The van der Waals surface area contributed by atoms with E-state index < -0.39 is 10.3 Å². The Morgan fingerprint density at radius 1 is 1.29 bits per heavy atom. The molecule has 0 atom stereocenters. The van der Waals surface area contributed by atoms with Crippen LogP contribution in [0.25, 0.3) is 0 Å². The summed E-state index contributed by atoms with van der Waals surface area (Å²) in [6.45, 7) is 7.52. The summed E-state index contributed by atoms with van der Waals surface area (Å²) < 4.78 is 26.6. The molecular formula is C11H18N2O3S. The molecule has 6 heteroatoms. The van der Waals surface area contributed by atoms with Crippen LogP contribution in [0.4, 0.5) is 5.69 Å². The van der Waals surface area contributed by atoms with Crippen LogP contribution in [-0.2, 0) is 10.3 Å². The van der Waals surface area contributed by atoms with E-state index in [4.69, 9.17) is 9.32 Å². The van der Waals surface area contributed by atoms with Crippen molar-refractivity contribution < 1.29 is 12.6 Å². The van der Waals surface area contributed by atoms with Crippen molar-refractivity contribution in [3.8, 4) is 5.75 Å². The summed E-state index contributed by atoms with van der Waals surface area (Å²) in [6, 6.07) is 5.43. The van der Waals surface area contributed by atoms with Gasteiger partial charge in [-0.2, -0.15) is 13.6 Å². The molecule has 0 aliphatic heterocycles. The number of aryl methyl sites for hydroxylation is 1. The second-order valence-corrected chi connectivity index (χ2v) is 4.85. The van der Waals surface area contributed by atoms with Gasteiger partial charge in [0, 0.05) is 24.8 Å². The van der Waals surface area contributed by atoms with Gasteiger partial charge >= 0.3 is 10.3 Å². The first-order chi connectivity index (χ1) is 7.87. The summed E-state index contributed by atoms with van der Waals surface area (Å²) in [5, 5.41) is 4.86. The lowest BCUT2D eigenvalue weighted by Gasteiger charge is -2.21. The molecule has 96 valence electrons. The van der Waals surface area contributed by atoms with Crippen molar-refractivity contribution in [3.63, 3.8) is 0 Å². The molecule has 0 fully saturated rings. The molecule has 0 aliphatic carbocycles. The Bertz CT molecular complexity index is 481. The molecular weight excluding hydrogens is 240 g/mol. The summed E-state index contributed by atoms with van der Waals surface area (Å²) in [5.74, 6) is 0.275. The number of anilines is 1. The van der Waals surface area contributed by atoms with E-state index in [0.717, 1.165) is 24.3 Å². The Morgan fingerprint density at radius 3 is 2.35 bits per heavy atom. The van der Waals surface area contributed by atoms with Crippen LogP contribution in [0.15, 0.2) is 18.2 Å². The quantitative estimate of drug-likeness (QED) is 0.867. The highest BCUT2D eigenvalue weighted by molar-refractivity contribution is 7.84. The van der Waals surface area contributed by atoms with Gasteiger partial charge in [0.25, 0.3) is 0 Å². The first-order valence-electron chi connectivity index (χ1n) is 5.45. The summed E-state index contributed by atoms with van der Waals surface area (Å²) >= 11 is 0. The standard InChI is InChI=1S/C11H18N2O3S/c1-4-13(5-2)10-7-6-9(3)11(8-10)16-17(12,14)15/h6-8H,4-5H2,1-3H3,(H2,12,14,15). The van der Waals surface area contributed by atoms with E-state index in [1.54, 1.807) is 13.0 Å². The lowest BCUT2D eigenvalue weighted by molar-refractivity contribution is 0.486. The minimum Gasteiger partial charge on any atom is -0.372 e.